The van der Waals surface area contributed by atoms with Crippen LogP contribution in [0.1, 0.15) is 25.5 Å². The lowest BCUT2D eigenvalue weighted by Gasteiger charge is -2.26. The van der Waals surface area contributed by atoms with Crippen molar-refractivity contribution in [3.05, 3.63) is 18.0 Å². The summed E-state index contributed by atoms with van der Waals surface area (Å²) in [6, 6.07) is 0.460. The highest BCUT2D eigenvalue weighted by Crippen LogP contribution is 2.08. The van der Waals surface area contributed by atoms with Crippen molar-refractivity contribution in [2.24, 2.45) is 0 Å². The van der Waals surface area contributed by atoms with Gasteiger partial charge in [-0.15, -0.1) is 12.4 Å². The zero-order valence-electron chi connectivity index (χ0n) is 10.0. The molecule has 0 aromatic carbocycles. The Labute approximate surface area is 103 Å². The van der Waals surface area contributed by atoms with Crippen molar-refractivity contribution in [1.82, 2.24) is 20.0 Å². The van der Waals surface area contributed by atoms with Gasteiger partial charge in [-0.3, -0.25) is 9.58 Å². The van der Waals surface area contributed by atoms with Crippen LogP contribution >= 0.6 is 12.4 Å². The molecule has 1 fully saturated rings. The minimum Gasteiger partial charge on any atom is -0.314 e. The molecule has 0 bridgehead atoms. The Morgan fingerprint density at radius 2 is 2.06 bits per heavy atom. The Kier molecular flexibility index (Phi) is 5.25. The standard InChI is InChI=1S/C11H20N4.ClH/c1-10(2)15-9-11(7-13-15)8-14-5-3-12-4-6-14;/h7,9-10,12H,3-6,8H2,1-2H3;1H. The fourth-order valence-electron chi connectivity index (χ4n) is 1.87. The minimum atomic E-state index is 0. The van der Waals surface area contributed by atoms with Gasteiger partial charge in [0.1, 0.15) is 0 Å². The van der Waals surface area contributed by atoms with Crippen LogP contribution in [0, 0.1) is 0 Å². The van der Waals surface area contributed by atoms with Gasteiger partial charge in [0.25, 0.3) is 0 Å². The smallest absolute Gasteiger partial charge is 0.0534 e. The van der Waals surface area contributed by atoms with Crippen molar-refractivity contribution in [1.29, 1.82) is 0 Å². The molecule has 0 aliphatic carbocycles. The van der Waals surface area contributed by atoms with Gasteiger partial charge in [0.15, 0.2) is 0 Å². The summed E-state index contributed by atoms with van der Waals surface area (Å²) in [6.45, 7) is 9.86. The molecule has 0 spiro atoms. The summed E-state index contributed by atoms with van der Waals surface area (Å²) in [5.41, 5.74) is 1.32. The van der Waals surface area contributed by atoms with Gasteiger partial charge < -0.3 is 5.32 Å². The van der Waals surface area contributed by atoms with Crippen LogP contribution < -0.4 is 5.32 Å². The molecule has 0 radical (unpaired) electrons. The van der Waals surface area contributed by atoms with Crippen molar-refractivity contribution >= 4 is 12.4 Å². The monoisotopic (exact) mass is 244 g/mol. The maximum absolute atomic E-state index is 4.36. The Balaban J connectivity index is 0.00000128. The predicted molar refractivity (Wildman–Crippen MR) is 68.0 cm³/mol. The number of rotatable bonds is 3. The molecule has 4 nitrogen and oxygen atoms in total. The quantitative estimate of drug-likeness (QED) is 0.870. The average molecular weight is 245 g/mol. The van der Waals surface area contributed by atoms with Gasteiger partial charge in [-0.1, -0.05) is 0 Å². The van der Waals surface area contributed by atoms with Crippen molar-refractivity contribution < 1.29 is 0 Å². The lowest BCUT2D eigenvalue weighted by molar-refractivity contribution is 0.233. The van der Waals surface area contributed by atoms with Crippen molar-refractivity contribution in [2.75, 3.05) is 26.2 Å². The van der Waals surface area contributed by atoms with Crippen molar-refractivity contribution in [3.8, 4) is 0 Å². The van der Waals surface area contributed by atoms with Gasteiger partial charge in [0.05, 0.1) is 6.20 Å². The summed E-state index contributed by atoms with van der Waals surface area (Å²) in [6.07, 6.45) is 4.15. The molecule has 1 aromatic rings. The number of hydrogen-bond donors (Lipinski definition) is 1. The predicted octanol–water partition coefficient (Wildman–Crippen LogP) is 1.29. The van der Waals surface area contributed by atoms with Gasteiger partial charge in [-0.05, 0) is 13.8 Å². The number of nitrogens with one attached hydrogen (secondary N) is 1. The van der Waals surface area contributed by atoms with Crippen LogP contribution in [0.3, 0.4) is 0 Å². The van der Waals surface area contributed by atoms with E-state index in [0.29, 0.717) is 6.04 Å². The molecular formula is C11H21ClN4. The maximum Gasteiger partial charge on any atom is 0.0534 e. The molecule has 0 unspecified atom stereocenters. The Hall–Kier alpha value is -0.580. The van der Waals surface area contributed by atoms with E-state index < -0.39 is 0 Å². The summed E-state index contributed by atoms with van der Waals surface area (Å²) in [5, 5.41) is 7.72. The number of piperazine rings is 1. The molecule has 1 saturated heterocycles. The minimum absolute atomic E-state index is 0. The van der Waals surface area contributed by atoms with Crippen LogP contribution in [0.2, 0.25) is 0 Å². The number of hydrogen-bond acceptors (Lipinski definition) is 3. The highest BCUT2D eigenvalue weighted by atomic mass is 35.5. The summed E-state index contributed by atoms with van der Waals surface area (Å²) < 4.78 is 2.03. The zero-order chi connectivity index (χ0) is 10.7. The van der Waals surface area contributed by atoms with Gasteiger partial charge in [-0.25, -0.2) is 0 Å². The molecule has 2 rings (SSSR count). The second-order valence-electron chi connectivity index (χ2n) is 4.45. The summed E-state index contributed by atoms with van der Waals surface area (Å²) in [4.78, 5) is 2.47. The first-order chi connectivity index (χ1) is 7.25. The first kappa shape index (κ1) is 13.5. The van der Waals surface area contributed by atoms with E-state index in [2.05, 4.69) is 35.4 Å². The topological polar surface area (TPSA) is 33.1 Å². The third kappa shape index (κ3) is 3.47. The SMILES string of the molecule is CC(C)n1cc(CN2CCNCC2)cn1.Cl. The fourth-order valence-corrected chi connectivity index (χ4v) is 1.87. The molecule has 0 saturated carbocycles. The second-order valence-corrected chi connectivity index (χ2v) is 4.45. The van der Waals surface area contributed by atoms with Crippen molar-refractivity contribution in [2.45, 2.75) is 26.4 Å². The molecule has 2 heterocycles. The normalized spacial score (nSPS) is 17.4. The van der Waals surface area contributed by atoms with Crippen LogP contribution in [0.4, 0.5) is 0 Å². The van der Waals surface area contributed by atoms with Crippen LogP contribution in [0.15, 0.2) is 12.4 Å². The molecule has 5 heteroatoms. The molecule has 0 atom stereocenters. The molecule has 0 amide bonds. The van der Waals surface area contributed by atoms with E-state index in [0.717, 1.165) is 32.7 Å². The van der Waals surface area contributed by atoms with Gasteiger partial charge >= 0.3 is 0 Å². The first-order valence-corrected chi connectivity index (χ1v) is 5.72. The lowest BCUT2D eigenvalue weighted by atomic mass is 10.3. The molecule has 92 valence electrons. The first-order valence-electron chi connectivity index (χ1n) is 5.72. The Morgan fingerprint density at radius 3 is 2.62 bits per heavy atom. The van der Waals surface area contributed by atoms with E-state index >= 15 is 0 Å². The highest BCUT2D eigenvalue weighted by molar-refractivity contribution is 5.85. The number of aromatic nitrogens is 2. The zero-order valence-corrected chi connectivity index (χ0v) is 10.8. The van der Waals surface area contributed by atoms with Gasteiger partial charge in [0.2, 0.25) is 0 Å². The maximum atomic E-state index is 4.36. The Bertz CT molecular complexity index is 305. The largest absolute Gasteiger partial charge is 0.314 e. The van der Waals surface area contributed by atoms with E-state index in [1.165, 1.54) is 5.56 Å². The third-order valence-corrected chi connectivity index (χ3v) is 2.80. The second kappa shape index (κ2) is 6.23. The van der Waals surface area contributed by atoms with E-state index in [1.807, 2.05) is 10.9 Å². The van der Waals surface area contributed by atoms with Crippen LogP contribution in [-0.2, 0) is 6.54 Å². The molecular weight excluding hydrogens is 224 g/mol. The average Bonchev–Trinajstić information content (AvgIpc) is 2.68. The Morgan fingerprint density at radius 1 is 1.38 bits per heavy atom. The van der Waals surface area contributed by atoms with Crippen LogP contribution in [0.5, 0.6) is 0 Å². The summed E-state index contributed by atoms with van der Waals surface area (Å²) in [7, 11) is 0. The summed E-state index contributed by atoms with van der Waals surface area (Å²) >= 11 is 0. The van der Waals surface area contributed by atoms with E-state index in [-0.39, 0.29) is 12.4 Å². The third-order valence-electron chi connectivity index (χ3n) is 2.80. The van der Waals surface area contributed by atoms with Crippen molar-refractivity contribution in [3.63, 3.8) is 0 Å². The van der Waals surface area contributed by atoms with Gasteiger partial charge in [-0.2, -0.15) is 5.10 Å². The lowest BCUT2D eigenvalue weighted by Crippen LogP contribution is -2.42. The number of nitrogens with zero attached hydrogens (tertiary/aromatic N) is 3. The van der Waals surface area contributed by atoms with E-state index in [9.17, 15) is 0 Å². The molecule has 16 heavy (non-hydrogen) atoms. The molecule has 1 aliphatic heterocycles. The fraction of sp³-hybridized carbons (Fsp3) is 0.727. The van der Waals surface area contributed by atoms with Gasteiger partial charge in [0, 0.05) is 50.5 Å². The molecule has 1 aromatic heterocycles. The van der Waals surface area contributed by atoms with Crippen LogP contribution in [0.25, 0.3) is 0 Å². The molecule has 1 N–H and O–H groups in total. The van der Waals surface area contributed by atoms with E-state index in [4.69, 9.17) is 0 Å². The van der Waals surface area contributed by atoms with E-state index in [1.54, 1.807) is 0 Å². The summed E-state index contributed by atoms with van der Waals surface area (Å²) in [5.74, 6) is 0. The van der Waals surface area contributed by atoms with Crippen LogP contribution in [-0.4, -0.2) is 40.9 Å². The molecule has 1 aliphatic rings. The number of halogens is 1. The highest BCUT2D eigenvalue weighted by Gasteiger charge is 2.11.